The van der Waals surface area contributed by atoms with Gasteiger partial charge in [-0.05, 0) is 37.1 Å². The van der Waals surface area contributed by atoms with Crippen molar-refractivity contribution in [2.24, 2.45) is 0 Å². The van der Waals surface area contributed by atoms with Crippen LogP contribution in [0.1, 0.15) is 30.3 Å². The van der Waals surface area contributed by atoms with Crippen LogP contribution in [0.25, 0.3) is 11.0 Å². The van der Waals surface area contributed by atoms with Crippen molar-refractivity contribution in [3.05, 3.63) is 54.4 Å². The van der Waals surface area contributed by atoms with E-state index in [-0.39, 0.29) is 17.6 Å². The zero-order valence-corrected chi connectivity index (χ0v) is 15.2. The number of fused-ring (bicyclic) bond motifs is 1. The van der Waals surface area contributed by atoms with Crippen LogP contribution in [-0.4, -0.2) is 44.0 Å². The summed E-state index contributed by atoms with van der Waals surface area (Å²) in [4.78, 5) is 29.4. The van der Waals surface area contributed by atoms with Crippen LogP contribution >= 0.6 is 0 Å². The minimum atomic E-state index is -4.61. The fraction of sp³-hybridized carbons (Fsp3) is 0.316. The van der Waals surface area contributed by atoms with Crippen molar-refractivity contribution in [2.45, 2.75) is 24.9 Å². The lowest BCUT2D eigenvalue weighted by molar-refractivity contribution is -0.144. The summed E-state index contributed by atoms with van der Waals surface area (Å²) < 4.78 is 37.5. The highest BCUT2D eigenvalue weighted by atomic mass is 19.4. The Morgan fingerprint density at radius 1 is 1.07 bits per heavy atom. The molecule has 1 aliphatic heterocycles. The average Bonchev–Trinajstić information content (AvgIpc) is 2.73. The molecule has 0 spiro atoms. The Bertz CT molecular complexity index is 1020. The van der Waals surface area contributed by atoms with Gasteiger partial charge in [-0.25, -0.2) is 24.7 Å². The number of carbonyl (C=O) groups is 1. The van der Waals surface area contributed by atoms with Crippen molar-refractivity contribution >= 4 is 22.8 Å². The molecule has 0 atom stereocenters. The first-order valence-corrected chi connectivity index (χ1v) is 9.07. The maximum Gasteiger partial charge on any atom is 0.451 e. The predicted molar refractivity (Wildman–Crippen MR) is 99.1 cm³/mol. The minimum absolute atomic E-state index is 0.118. The van der Waals surface area contributed by atoms with Crippen LogP contribution in [0.4, 0.5) is 23.7 Å². The van der Waals surface area contributed by atoms with Gasteiger partial charge >= 0.3 is 12.2 Å². The van der Waals surface area contributed by atoms with Gasteiger partial charge in [0.15, 0.2) is 5.65 Å². The van der Waals surface area contributed by atoms with Crippen LogP contribution < -0.4 is 5.32 Å². The normalized spacial score (nSPS) is 15.5. The van der Waals surface area contributed by atoms with E-state index in [1.165, 1.54) is 0 Å². The molecular weight excluding hydrogens is 385 g/mol. The molecule has 7 nitrogen and oxygen atoms in total. The quantitative estimate of drug-likeness (QED) is 0.704. The average molecular weight is 402 g/mol. The first kappa shape index (κ1) is 19.0. The number of hydrogen-bond donors (Lipinski definition) is 1. The zero-order valence-electron chi connectivity index (χ0n) is 15.2. The Morgan fingerprint density at radius 2 is 1.79 bits per heavy atom. The molecule has 10 heteroatoms. The number of likely N-dealkylation sites (tertiary alicyclic amines) is 1. The van der Waals surface area contributed by atoms with E-state index in [2.05, 4.69) is 25.3 Å². The van der Waals surface area contributed by atoms with Crippen molar-refractivity contribution in [3.8, 4) is 0 Å². The third-order valence-corrected chi connectivity index (χ3v) is 4.84. The lowest BCUT2D eigenvalue weighted by Crippen LogP contribution is -2.40. The van der Waals surface area contributed by atoms with E-state index in [9.17, 15) is 18.0 Å². The van der Waals surface area contributed by atoms with E-state index in [1.807, 2.05) is 24.3 Å². The summed E-state index contributed by atoms with van der Waals surface area (Å²) in [5.74, 6) is -1.02. The molecule has 29 heavy (non-hydrogen) atoms. The van der Waals surface area contributed by atoms with Gasteiger partial charge in [0.1, 0.15) is 0 Å². The molecule has 0 saturated carbocycles. The molecule has 4 heterocycles. The summed E-state index contributed by atoms with van der Waals surface area (Å²) in [6.45, 7) is 1.03. The third kappa shape index (κ3) is 4.25. The van der Waals surface area contributed by atoms with Gasteiger partial charge < -0.3 is 10.2 Å². The van der Waals surface area contributed by atoms with Gasteiger partial charge in [-0.3, -0.25) is 0 Å². The first-order valence-electron chi connectivity index (χ1n) is 9.07. The molecule has 1 fully saturated rings. The second kappa shape index (κ2) is 7.61. The molecule has 2 amide bonds. The Morgan fingerprint density at radius 3 is 2.48 bits per heavy atom. The fourth-order valence-corrected chi connectivity index (χ4v) is 3.31. The number of anilines is 1. The molecule has 3 aromatic heterocycles. The molecule has 150 valence electrons. The number of aromatic nitrogens is 4. The molecule has 3 aromatic rings. The number of amides is 2. The Hall–Kier alpha value is -3.30. The van der Waals surface area contributed by atoms with Gasteiger partial charge in [-0.15, -0.1) is 0 Å². The summed E-state index contributed by atoms with van der Waals surface area (Å²) in [7, 11) is 0. The van der Waals surface area contributed by atoms with E-state index >= 15 is 0 Å². The number of nitrogens with one attached hydrogen (secondary N) is 1. The van der Waals surface area contributed by atoms with Gasteiger partial charge in [-0.1, -0.05) is 0 Å². The van der Waals surface area contributed by atoms with Crippen LogP contribution in [0.5, 0.6) is 0 Å². The molecule has 1 aliphatic rings. The predicted octanol–water partition coefficient (Wildman–Crippen LogP) is 3.85. The van der Waals surface area contributed by atoms with E-state index in [0.29, 0.717) is 18.7 Å². The largest absolute Gasteiger partial charge is 0.451 e. The molecule has 0 unspecified atom stereocenters. The van der Waals surface area contributed by atoms with Crippen LogP contribution in [0, 0.1) is 0 Å². The number of halogens is 3. The summed E-state index contributed by atoms with van der Waals surface area (Å²) in [6, 6.07) is 7.41. The van der Waals surface area contributed by atoms with E-state index in [0.717, 1.165) is 36.3 Å². The summed E-state index contributed by atoms with van der Waals surface area (Å²) >= 11 is 0. The number of nitrogens with zero attached hydrogens (tertiary/aromatic N) is 5. The molecule has 1 N–H and O–H groups in total. The molecule has 1 saturated heterocycles. The molecule has 4 rings (SSSR count). The van der Waals surface area contributed by atoms with Crippen LogP contribution in [0.3, 0.4) is 0 Å². The maximum atomic E-state index is 12.5. The molecule has 0 radical (unpaired) electrons. The van der Waals surface area contributed by atoms with E-state index in [1.54, 1.807) is 11.1 Å². The zero-order chi connectivity index (χ0) is 20.4. The highest BCUT2D eigenvalue weighted by Crippen LogP contribution is 2.28. The van der Waals surface area contributed by atoms with Crippen LogP contribution in [0.2, 0.25) is 0 Å². The number of carbonyl (C=O) groups excluding carboxylic acids is 1. The van der Waals surface area contributed by atoms with E-state index < -0.39 is 12.0 Å². The first-order chi connectivity index (χ1) is 13.9. The second-order valence-corrected chi connectivity index (χ2v) is 6.77. The summed E-state index contributed by atoms with van der Waals surface area (Å²) in [5, 5.41) is 3.52. The topological polar surface area (TPSA) is 83.9 Å². The van der Waals surface area contributed by atoms with Crippen molar-refractivity contribution in [1.82, 2.24) is 24.8 Å². The van der Waals surface area contributed by atoms with E-state index in [4.69, 9.17) is 0 Å². The number of hydrogen-bond acceptors (Lipinski definition) is 5. The van der Waals surface area contributed by atoms with Gasteiger partial charge in [-0.2, -0.15) is 13.2 Å². The van der Waals surface area contributed by atoms with Gasteiger partial charge in [0.2, 0.25) is 5.82 Å². The second-order valence-electron chi connectivity index (χ2n) is 6.77. The van der Waals surface area contributed by atoms with Gasteiger partial charge in [0.05, 0.1) is 18.1 Å². The standard InChI is InChI=1S/C19H17F3N6O/c20-19(21,22)17-24-10-14(11-25-17)26-18(29)28-8-5-12(6-9-28)15-4-3-13-2-1-7-23-16(13)27-15/h1-4,7,10-12H,5-6,8-9H2,(H,26,29). The van der Waals surface area contributed by atoms with Gasteiger partial charge in [0.25, 0.3) is 0 Å². The molecule has 0 aromatic carbocycles. The smallest absolute Gasteiger partial charge is 0.324 e. The van der Waals surface area contributed by atoms with Crippen molar-refractivity contribution in [2.75, 3.05) is 18.4 Å². The number of pyridine rings is 2. The van der Waals surface area contributed by atoms with Crippen LogP contribution in [-0.2, 0) is 6.18 Å². The molecule has 0 bridgehead atoms. The molecule has 0 aliphatic carbocycles. The van der Waals surface area contributed by atoms with Crippen molar-refractivity contribution in [3.63, 3.8) is 0 Å². The fourth-order valence-electron chi connectivity index (χ4n) is 3.31. The number of urea groups is 1. The van der Waals surface area contributed by atoms with Crippen molar-refractivity contribution in [1.29, 1.82) is 0 Å². The highest BCUT2D eigenvalue weighted by molar-refractivity contribution is 5.89. The number of piperidine rings is 1. The highest BCUT2D eigenvalue weighted by Gasteiger charge is 2.34. The molecular formula is C19H17F3N6O. The van der Waals surface area contributed by atoms with Crippen LogP contribution in [0.15, 0.2) is 42.9 Å². The Labute approximate surface area is 164 Å². The minimum Gasteiger partial charge on any atom is -0.324 e. The van der Waals surface area contributed by atoms with Gasteiger partial charge in [0, 0.05) is 36.3 Å². The Kier molecular flexibility index (Phi) is 4.99. The number of alkyl halides is 3. The maximum absolute atomic E-state index is 12.5. The third-order valence-electron chi connectivity index (χ3n) is 4.84. The van der Waals surface area contributed by atoms with Crippen molar-refractivity contribution < 1.29 is 18.0 Å². The lowest BCUT2D eigenvalue weighted by atomic mass is 9.93. The Balaban J connectivity index is 1.35. The lowest BCUT2D eigenvalue weighted by Gasteiger charge is -2.31. The summed E-state index contributed by atoms with van der Waals surface area (Å²) in [6.07, 6.45) is 0.469. The summed E-state index contributed by atoms with van der Waals surface area (Å²) in [5.41, 5.74) is 1.77. The SMILES string of the molecule is O=C(Nc1cnc(C(F)(F)F)nc1)N1CCC(c2ccc3cccnc3n2)CC1. The monoisotopic (exact) mass is 402 g/mol. The number of rotatable bonds is 2.